The molecule has 3 amide bonds. The van der Waals surface area contributed by atoms with E-state index < -0.39 is 11.8 Å². The Bertz CT molecular complexity index is 1150. The van der Waals surface area contributed by atoms with Gasteiger partial charge in [0, 0.05) is 10.7 Å². The zero-order valence-corrected chi connectivity index (χ0v) is 20.6. The highest BCUT2D eigenvalue weighted by Crippen LogP contribution is 2.34. The van der Waals surface area contributed by atoms with E-state index in [4.69, 9.17) is 33.3 Å². The molecule has 0 radical (unpaired) electrons. The fourth-order valence-electron chi connectivity index (χ4n) is 2.74. The van der Waals surface area contributed by atoms with Crippen LogP contribution in [0, 0.1) is 10.5 Å². The van der Waals surface area contributed by atoms with Gasteiger partial charge in [-0.15, -0.1) is 0 Å². The van der Waals surface area contributed by atoms with Gasteiger partial charge in [-0.3, -0.25) is 25.0 Å². The number of ether oxygens (including phenoxy) is 2. The van der Waals surface area contributed by atoms with E-state index in [1.807, 2.05) is 29.5 Å². The number of thiocarbonyl (C=S) groups is 1. The summed E-state index contributed by atoms with van der Waals surface area (Å²) in [5, 5.41) is 7.97. The first-order valence-electron chi connectivity index (χ1n) is 9.12. The van der Waals surface area contributed by atoms with E-state index in [2.05, 4.69) is 16.0 Å². The normalized spacial score (nSPS) is 13.2. The van der Waals surface area contributed by atoms with Crippen molar-refractivity contribution in [2.45, 2.75) is 6.92 Å². The van der Waals surface area contributed by atoms with Crippen LogP contribution in [-0.4, -0.2) is 36.6 Å². The zero-order valence-electron chi connectivity index (χ0n) is 16.9. The lowest BCUT2D eigenvalue weighted by Crippen LogP contribution is -2.51. The van der Waals surface area contributed by atoms with E-state index in [1.54, 1.807) is 30.3 Å². The summed E-state index contributed by atoms with van der Waals surface area (Å²) < 4.78 is 11.7. The van der Waals surface area contributed by atoms with Crippen molar-refractivity contribution in [3.05, 3.63) is 55.6 Å². The van der Waals surface area contributed by atoms with Crippen molar-refractivity contribution in [1.82, 2.24) is 10.6 Å². The highest BCUT2D eigenvalue weighted by atomic mass is 127. The molecule has 0 aliphatic carbocycles. The molecule has 0 aromatic heterocycles. The third kappa shape index (κ3) is 5.75. The molecule has 0 unspecified atom stereocenters. The Labute approximate surface area is 207 Å². The van der Waals surface area contributed by atoms with Gasteiger partial charge in [0.15, 0.2) is 23.2 Å². The maximum atomic E-state index is 12.3. The van der Waals surface area contributed by atoms with Crippen LogP contribution in [0.1, 0.15) is 11.1 Å². The van der Waals surface area contributed by atoms with Gasteiger partial charge in [0.25, 0.3) is 17.7 Å². The molecule has 11 heteroatoms. The molecule has 0 atom stereocenters. The number of anilines is 1. The van der Waals surface area contributed by atoms with Crippen molar-refractivity contribution >= 4 is 81.0 Å². The zero-order chi connectivity index (χ0) is 23.4. The maximum absolute atomic E-state index is 12.3. The van der Waals surface area contributed by atoms with Crippen LogP contribution >= 0.6 is 46.4 Å². The molecule has 2 aromatic rings. The lowest BCUT2D eigenvalue weighted by molar-refractivity contribution is -0.123. The van der Waals surface area contributed by atoms with E-state index in [-0.39, 0.29) is 23.2 Å². The summed E-state index contributed by atoms with van der Waals surface area (Å²) >= 11 is 12.9. The van der Waals surface area contributed by atoms with Crippen LogP contribution in [0.2, 0.25) is 5.02 Å². The first kappa shape index (κ1) is 24.0. The summed E-state index contributed by atoms with van der Waals surface area (Å²) in [5.41, 5.74) is 1.90. The molecule has 0 spiro atoms. The Morgan fingerprint density at radius 1 is 1.22 bits per heavy atom. The number of carbonyl (C=O) groups excluding carboxylic acids is 3. The lowest BCUT2D eigenvalue weighted by atomic mass is 10.1. The molecule has 3 N–H and O–H groups in total. The predicted molar refractivity (Wildman–Crippen MR) is 133 cm³/mol. The topological polar surface area (TPSA) is 106 Å². The molecule has 32 heavy (non-hydrogen) atoms. The molecule has 1 aliphatic rings. The summed E-state index contributed by atoms with van der Waals surface area (Å²) in [5.74, 6) is -0.879. The minimum atomic E-state index is -0.596. The number of hydrogen-bond acceptors (Lipinski definition) is 6. The van der Waals surface area contributed by atoms with Crippen LogP contribution in [-0.2, 0) is 14.4 Å². The third-order valence-corrected chi connectivity index (χ3v) is 5.72. The number of nitrogens with one attached hydrogen (secondary N) is 3. The Balaban J connectivity index is 1.75. The fourth-order valence-corrected chi connectivity index (χ4v) is 3.89. The molecule has 0 bridgehead atoms. The Morgan fingerprint density at radius 2 is 1.91 bits per heavy atom. The second kappa shape index (κ2) is 10.3. The summed E-state index contributed by atoms with van der Waals surface area (Å²) in [6, 6.07) is 8.49. The highest BCUT2D eigenvalue weighted by molar-refractivity contribution is 14.1. The van der Waals surface area contributed by atoms with Gasteiger partial charge in [0.1, 0.15) is 5.57 Å². The maximum Gasteiger partial charge on any atom is 0.263 e. The van der Waals surface area contributed by atoms with Gasteiger partial charge in [-0.25, -0.2) is 0 Å². The quantitative estimate of drug-likeness (QED) is 0.208. The molecule has 1 heterocycles. The van der Waals surface area contributed by atoms with Gasteiger partial charge in [-0.05, 0) is 83.2 Å². The van der Waals surface area contributed by atoms with E-state index in [1.165, 1.54) is 13.2 Å². The summed E-state index contributed by atoms with van der Waals surface area (Å²) in [7, 11) is 1.45. The number of carbonyl (C=O) groups is 3. The minimum Gasteiger partial charge on any atom is -0.493 e. The SMILES string of the molecule is COc1cc(C=C2C(=O)NC(=S)NC2=O)cc(I)c1OCC(=O)Nc1ccc(C)c(Cl)c1. The first-order chi connectivity index (χ1) is 15.2. The number of rotatable bonds is 6. The number of amides is 3. The van der Waals surface area contributed by atoms with E-state index in [9.17, 15) is 14.4 Å². The number of methoxy groups -OCH3 is 1. The van der Waals surface area contributed by atoms with Gasteiger partial charge in [0.2, 0.25) is 0 Å². The average Bonchev–Trinajstić information content (AvgIpc) is 2.72. The first-order valence-corrected chi connectivity index (χ1v) is 11.0. The van der Waals surface area contributed by atoms with Gasteiger partial charge in [0.05, 0.1) is 10.7 Å². The van der Waals surface area contributed by atoms with Gasteiger partial charge < -0.3 is 14.8 Å². The van der Waals surface area contributed by atoms with E-state index in [0.717, 1.165) is 5.56 Å². The number of halogens is 2. The van der Waals surface area contributed by atoms with Gasteiger partial charge >= 0.3 is 0 Å². The minimum absolute atomic E-state index is 0.0424. The van der Waals surface area contributed by atoms with Crippen LogP contribution in [0.4, 0.5) is 5.69 Å². The molecular weight excluding hydrogens is 569 g/mol. The molecule has 8 nitrogen and oxygen atoms in total. The molecule has 166 valence electrons. The van der Waals surface area contributed by atoms with Crippen molar-refractivity contribution in [3.8, 4) is 11.5 Å². The second-order valence-electron chi connectivity index (χ2n) is 6.63. The highest BCUT2D eigenvalue weighted by Gasteiger charge is 2.26. The van der Waals surface area contributed by atoms with Crippen LogP contribution in [0.15, 0.2) is 35.9 Å². The molecular formula is C21H17ClIN3O5S. The standard InChI is InChI=1S/C21H17ClIN3O5S/c1-10-3-4-12(8-14(10)22)24-17(27)9-31-18-15(23)6-11(7-16(18)30-2)5-13-19(28)25-21(32)26-20(13)29/h3-8H,9H2,1-2H3,(H,24,27)(H2,25,26,28,29,32). The van der Waals surface area contributed by atoms with Crippen molar-refractivity contribution in [2.24, 2.45) is 0 Å². The van der Waals surface area contributed by atoms with Gasteiger partial charge in [-0.1, -0.05) is 17.7 Å². The summed E-state index contributed by atoms with van der Waals surface area (Å²) in [6.07, 6.45) is 1.41. The number of aryl methyl sites for hydroxylation is 1. The Morgan fingerprint density at radius 3 is 2.53 bits per heavy atom. The smallest absolute Gasteiger partial charge is 0.263 e. The lowest BCUT2D eigenvalue weighted by Gasteiger charge is -2.17. The third-order valence-electron chi connectivity index (χ3n) is 4.31. The molecule has 1 saturated heterocycles. The Hall–Kier alpha value is -2.70. The molecule has 1 aliphatic heterocycles. The van der Waals surface area contributed by atoms with Gasteiger partial charge in [-0.2, -0.15) is 0 Å². The monoisotopic (exact) mass is 585 g/mol. The van der Waals surface area contributed by atoms with Crippen LogP contribution in [0.5, 0.6) is 11.5 Å². The molecule has 3 rings (SSSR count). The summed E-state index contributed by atoms with van der Waals surface area (Å²) in [6.45, 7) is 1.60. The number of benzene rings is 2. The predicted octanol–water partition coefficient (Wildman–Crippen LogP) is 3.19. The van der Waals surface area contributed by atoms with Crippen LogP contribution in [0.25, 0.3) is 6.08 Å². The number of hydrogen-bond donors (Lipinski definition) is 3. The largest absolute Gasteiger partial charge is 0.493 e. The second-order valence-corrected chi connectivity index (χ2v) is 8.61. The van der Waals surface area contributed by atoms with Crippen molar-refractivity contribution in [3.63, 3.8) is 0 Å². The molecule has 2 aromatic carbocycles. The van der Waals surface area contributed by atoms with Crippen molar-refractivity contribution < 1.29 is 23.9 Å². The fraction of sp³-hybridized carbons (Fsp3) is 0.143. The van der Waals surface area contributed by atoms with Crippen molar-refractivity contribution in [2.75, 3.05) is 19.0 Å². The molecule has 1 fully saturated rings. The van der Waals surface area contributed by atoms with Crippen LogP contribution < -0.4 is 25.4 Å². The Kier molecular flexibility index (Phi) is 7.69. The van der Waals surface area contributed by atoms with Crippen molar-refractivity contribution in [1.29, 1.82) is 0 Å². The molecule has 0 saturated carbocycles. The summed E-state index contributed by atoms with van der Waals surface area (Å²) in [4.78, 5) is 36.4. The van der Waals surface area contributed by atoms with E-state index in [0.29, 0.717) is 31.3 Å². The average molecular weight is 586 g/mol. The van der Waals surface area contributed by atoms with Crippen LogP contribution in [0.3, 0.4) is 0 Å². The van der Waals surface area contributed by atoms with E-state index >= 15 is 0 Å².